The van der Waals surface area contributed by atoms with Gasteiger partial charge in [0.1, 0.15) is 10.8 Å². The molecule has 0 spiro atoms. The van der Waals surface area contributed by atoms with Gasteiger partial charge < -0.3 is 10.4 Å². The van der Waals surface area contributed by atoms with E-state index in [1.54, 1.807) is 23.6 Å². The first-order chi connectivity index (χ1) is 8.70. The highest BCUT2D eigenvalue weighted by molar-refractivity contribution is 7.09. The van der Waals surface area contributed by atoms with Crippen molar-refractivity contribution in [2.24, 2.45) is 0 Å². The van der Waals surface area contributed by atoms with Crippen LogP contribution in [0, 0.1) is 0 Å². The van der Waals surface area contributed by atoms with Gasteiger partial charge in [-0.05, 0) is 18.6 Å². The highest BCUT2D eigenvalue weighted by Crippen LogP contribution is 2.22. The summed E-state index contributed by atoms with van der Waals surface area (Å²) in [6.07, 6.45) is 2.61. The van der Waals surface area contributed by atoms with Crippen LogP contribution in [0.25, 0.3) is 0 Å². The van der Waals surface area contributed by atoms with Gasteiger partial charge in [0.2, 0.25) is 0 Å². The van der Waals surface area contributed by atoms with Crippen LogP contribution in [0.15, 0.2) is 23.7 Å². The molecule has 0 fully saturated rings. The maximum Gasteiger partial charge on any atom is 0.356 e. The molecular weight excluding hydrogens is 252 g/mol. The Labute approximate surface area is 108 Å². The van der Waals surface area contributed by atoms with Gasteiger partial charge in [-0.3, -0.25) is 0 Å². The van der Waals surface area contributed by atoms with E-state index in [0.29, 0.717) is 5.82 Å². The number of carbonyl (C=O) groups is 1. The molecule has 0 aliphatic heterocycles. The van der Waals surface area contributed by atoms with Crippen molar-refractivity contribution in [2.75, 3.05) is 5.32 Å². The van der Waals surface area contributed by atoms with E-state index in [9.17, 15) is 4.79 Å². The molecule has 1 unspecified atom stereocenters. The lowest BCUT2D eigenvalue weighted by atomic mass is 10.2. The lowest BCUT2D eigenvalue weighted by molar-refractivity contribution is 0.0689. The van der Waals surface area contributed by atoms with Crippen LogP contribution in [0.2, 0.25) is 0 Å². The van der Waals surface area contributed by atoms with Crippen molar-refractivity contribution in [1.29, 1.82) is 0 Å². The van der Waals surface area contributed by atoms with E-state index in [1.807, 2.05) is 12.3 Å². The van der Waals surface area contributed by atoms with Gasteiger partial charge in [0, 0.05) is 11.6 Å². The van der Waals surface area contributed by atoms with Gasteiger partial charge in [-0.1, -0.05) is 6.92 Å². The Morgan fingerprint density at radius 3 is 2.83 bits per heavy atom. The molecular formula is C11H12N4O2S. The Kier molecular flexibility index (Phi) is 3.83. The molecule has 94 valence electrons. The van der Waals surface area contributed by atoms with E-state index >= 15 is 0 Å². The van der Waals surface area contributed by atoms with Gasteiger partial charge in [0.15, 0.2) is 5.69 Å². The second-order valence-corrected chi connectivity index (χ2v) is 4.51. The largest absolute Gasteiger partial charge is 0.476 e. The van der Waals surface area contributed by atoms with Crippen LogP contribution in [-0.2, 0) is 0 Å². The molecule has 18 heavy (non-hydrogen) atoms. The van der Waals surface area contributed by atoms with Crippen LogP contribution in [0.5, 0.6) is 0 Å². The highest BCUT2D eigenvalue weighted by Gasteiger charge is 2.13. The van der Waals surface area contributed by atoms with Crippen molar-refractivity contribution in [1.82, 2.24) is 15.2 Å². The number of nitrogens with zero attached hydrogens (tertiary/aromatic N) is 3. The molecule has 2 rings (SSSR count). The summed E-state index contributed by atoms with van der Waals surface area (Å²) in [5, 5.41) is 22.2. The first kappa shape index (κ1) is 12.4. The number of carboxylic acid groups (broad SMARTS) is 1. The van der Waals surface area contributed by atoms with Gasteiger partial charge >= 0.3 is 5.97 Å². The third-order valence-electron chi connectivity index (χ3n) is 2.36. The molecule has 2 N–H and O–H groups in total. The van der Waals surface area contributed by atoms with Crippen LogP contribution in [0.1, 0.15) is 34.9 Å². The predicted octanol–water partition coefficient (Wildman–Crippen LogP) is 2.19. The minimum atomic E-state index is -1.08. The molecule has 0 aliphatic carbocycles. The number of hydrogen-bond donors (Lipinski definition) is 2. The van der Waals surface area contributed by atoms with Crippen molar-refractivity contribution < 1.29 is 9.90 Å². The molecule has 0 saturated heterocycles. The summed E-state index contributed by atoms with van der Waals surface area (Å²) in [5.74, 6) is -0.539. The molecule has 0 radical (unpaired) electrons. The van der Waals surface area contributed by atoms with Crippen LogP contribution < -0.4 is 5.32 Å². The Morgan fingerprint density at radius 1 is 1.50 bits per heavy atom. The summed E-state index contributed by atoms with van der Waals surface area (Å²) in [6.45, 7) is 2.04. The maximum atomic E-state index is 10.6. The lowest BCUT2D eigenvalue weighted by Crippen LogP contribution is -2.12. The number of anilines is 1. The van der Waals surface area contributed by atoms with Crippen LogP contribution in [0.4, 0.5) is 5.82 Å². The zero-order valence-corrected chi connectivity index (χ0v) is 10.5. The zero-order valence-electron chi connectivity index (χ0n) is 9.70. The van der Waals surface area contributed by atoms with Crippen molar-refractivity contribution in [3.05, 3.63) is 34.4 Å². The van der Waals surface area contributed by atoms with E-state index < -0.39 is 5.97 Å². The SMILES string of the molecule is CCC(Nc1ccc(C(=O)O)nn1)c1nccs1. The predicted molar refractivity (Wildman–Crippen MR) is 67.8 cm³/mol. The normalized spacial score (nSPS) is 12.1. The van der Waals surface area contributed by atoms with Crippen LogP contribution >= 0.6 is 11.3 Å². The number of hydrogen-bond acceptors (Lipinski definition) is 6. The number of aromatic nitrogens is 3. The standard InChI is InChI=1S/C11H12N4O2S/c1-2-7(10-12-5-6-18-10)13-9-4-3-8(11(16)17)14-15-9/h3-7H,2H2,1H3,(H,13,15)(H,16,17). The summed E-state index contributed by atoms with van der Waals surface area (Å²) >= 11 is 1.57. The van der Waals surface area contributed by atoms with Gasteiger partial charge in [-0.25, -0.2) is 9.78 Å². The number of rotatable bonds is 5. The van der Waals surface area contributed by atoms with Crippen LogP contribution in [0.3, 0.4) is 0 Å². The smallest absolute Gasteiger partial charge is 0.356 e. The van der Waals surface area contributed by atoms with E-state index in [0.717, 1.165) is 11.4 Å². The Hall–Kier alpha value is -2.02. The highest BCUT2D eigenvalue weighted by atomic mass is 32.1. The summed E-state index contributed by atoms with van der Waals surface area (Å²) in [6, 6.07) is 3.09. The average Bonchev–Trinajstić information content (AvgIpc) is 2.90. The molecule has 0 bridgehead atoms. The fourth-order valence-electron chi connectivity index (χ4n) is 1.45. The molecule has 2 aromatic heterocycles. The van der Waals surface area contributed by atoms with Gasteiger partial charge in [0.05, 0.1) is 6.04 Å². The Balaban J connectivity index is 2.10. The third-order valence-corrected chi connectivity index (χ3v) is 3.25. The lowest BCUT2D eigenvalue weighted by Gasteiger charge is -2.14. The second kappa shape index (κ2) is 5.54. The third kappa shape index (κ3) is 2.80. The molecule has 2 aromatic rings. The molecule has 2 heterocycles. The fourth-order valence-corrected chi connectivity index (χ4v) is 2.22. The van der Waals surface area contributed by atoms with E-state index in [2.05, 4.69) is 20.5 Å². The monoisotopic (exact) mass is 264 g/mol. The van der Waals surface area contributed by atoms with Crippen molar-refractivity contribution in [3.8, 4) is 0 Å². The minimum Gasteiger partial charge on any atom is -0.476 e. The van der Waals surface area contributed by atoms with Crippen molar-refractivity contribution >= 4 is 23.1 Å². The van der Waals surface area contributed by atoms with E-state index in [-0.39, 0.29) is 11.7 Å². The van der Waals surface area contributed by atoms with Crippen LogP contribution in [-0.4, -0.2) is 26.3 Å². The second-order valence-electron chi connectivity index (χ2n) is 3.58. The molecule has 0 saturated carbocycles. The number of thiazole rings is 1. The number of carboxylic acids is 1. The molecule has 7 heteroatoms. The number of nitrogens with one attached hydrogen (secondary N) is 1. The van der Waals surface area contributed by atoms with E-state index in [4.69, 9.17) is 5.11 Å². The summed E-state index contributed by atoms with van der Waals surface area (Å²) < 4.78 is 0. The molecule has 6 nitrogen and oxygen atoms in total. The topological polar surface area (TPSA) is 88.0 Å². The van der Waals surface area contributed by atoms with Gasteiger partial charge in [-0.2, -0.15) is 0 Å². The van der Waals surface area contributed by atoms with Gasteiger partial charge in [-0.15, -0.1) is 21.5 Å². The number of aromatic carboxylic acids is 1. The quantitative estimate of drug-likeness (QED) is 0.860. The molecule has 0 aliphatic rings. The maximum absolute atomic E-state index is 10.6. The molecule has 1 atom stereocenters. The van der Waals surface area contributed by atoms with Crippen molar-refractivity contribution in [2.45, 2.75) is 19.4 Å². The fraction of sp³-hybridized carbons (Fsp3) is 0.273. The first-order valence-electron chi connectivity index (χ1n) is 5.43. The minimum absolute atomic E-state index is 0.0648. The summed E-state index contributed by atoms with van der Waals surface area (Å²) in [4.78, 5) is 14.9. The zero-order chi connectivity index (χ0) is 13.0. The Bertz CT molecular complexity index is 512. The molecule has 0 aromatic carbocycles. The van der Waals surface area contributed by atoms with Gasteiger partial charge in [0.25, 0.3) is 0 Å². The van der Waals surface area contributed by atoms with Crippen molar-refractivity contribution in [3.63, 3.8) is 0 Å². The average molecular weight is 264 g/mol. The summed E-state index contributed by atoms with van der Waals surface area (Å²) in [5.41, 5.74) is -0.0668. The van der Waals surface area contributed by atoms with E-state index in [1.165, 1.54) is 6.07 Å². The first-order valence-corrected chi connectivity index (χ1v) is 6.31. The Morgan fingerprint density at radius 2 is 2.33 bits per heavy atom. The summed E-state index contributed by atoms with van der Waals surface area (Å²) in [7, 11) is 0. The molecule has 0 amide bonds.